The fraction of sp³-hybridized carbons (Fsp3) is 0.538. The van der Waals surface area contributed by atoms with E-state index in [1.165, 1.54) is 0 Å². The van der Waals surface area contributed by atoms with Crippen molar-refractivity contribution in [2.45, 2.75) is 33.5 Å². The van der Waals surface area contributed by atoms with Gasteiger partial charge in [0.05, 0.1) is 24.6 Å². The Bertz CT molecular complexity index is 503. The molecule has 19 heavy (non-hydrogen) atoms. The number of rotatable bonds is 7. The summed E-state index contributed by atoms with van der Waals surface area (Å²) in [7, 11) is 0. The van der Waals surface area contributed by atoms with Gasteiger partial charge in [-0.2, -0.15) is 10.2 Å². The van der Waals surface area contributed by atoms with Crippen molar-refractivity contribution in [1.82, 2.24) is 19.6 Å². The van der Waals surface area contributed by atoms with Gasteiger partial charge in [-0.05, 0) is 5.92 Å². The number of nitrogens with zero attached hydrogens (tertiary/aromatic N) is 4. The van der Waals surface area contributed by atoms with E-state index in [4.69, 9.17) is 0 Å². The van der Waals surface area contributed by atoms with Crippen molar-refractivity contribution < 1.29 is 4.39 Å². The highest BCUT2D eigenvalue weighted by Crippen LogP contribution is 2.08. The van der Waals surface area contributed by atoms with Gasteiger partial charge in [-0.1, -0.05) is 13.8 Å². The molecule has 0 radical (unpaired) electrons. The number of aryl methyl sites for hydroxylation is 1. The molecule has 0 amide bonds. The Hall–Kier alpha value is -1.85. The van der Waals surface area contributed by atoms with E-state index in [2.05, 4.69) is 29.4 Å². The van der Waals surface area contributed by atoms with Crippen molar-refractivity contribution in [3.05, 3.63) is 30.4 Å². The fourth-order valence-corrected chi connectivity index (χ4v) is 1.84. The minimum atomic E-state index is -0.400. The predicted octanol–water partition coefficient (Wildman–Crippen LogP) is 2.32. The van der Waals surface area contributed by atoms with Crippen LogP contribution >= 0.6 is 0 Å². The highest BCUT2D eigenvalue weighted by molar-refractivity contribution is 5.38. The summed E-state index contributed by atoms with van der Waals surface area (Å²) in [5.74, 6) is 0.583. The van der Waals surface area contributed by atoms with Crippen LogP contribution in [0.3, 0.4) is 0 Å². The van der Waals surface area contributed by atoms with Crippen LogP contribution in [0.5, 0.6) is 0 Å². The molecule has 2 heterocycles. The molecule has 0 fully saturated rings. The van der Waals surface area contributed by atoms with Gasteiger partial charge in [0, 0.05) is 31.0 Å². The number of anilines is 1. The van der Waals surface area contributed by atoms with E-state index in [1.54, 1.807) is 17.1 Å². The van der Waals surface area contributed by atoms with Crippen LogP contribution in [-0.4, -0.2) is 26.2 Å². The van der Waals surface area contributed by atoms with Crippen LogP contribution in [0.15, 0.2) is 24.8 Å². The van der Waals surface area contributed by atoms with E-state index in [9.17, 15) is 4.39 Å². The molecule has 0 aliphatic heterocycles. The first-order valence-corrected chi connectivity index (χ1v) is 6.51. The second-order valence-electron chi connectivity index (χ2n) is 5.00. The molecule has 2 aromatic heterocycles. The molecule has 0 unspecified atom stereocenters. The van der Waals surface area contributed by atoms with Gasteiger partial charge in [-0.25, -0.2) is 4.39 Å². The van der Waals surface area contributed by atoms with Gasteiger partial charge in [0.1, 0.15) is 6.67 Å². The lowest BCUT2D eigenvalue weighted by Gasteiger charge is -2.03. The standard InChI is InChI=1S/C13H20FN5/c1-11(2)8-19-9-12(6-16-19)5-15-13-7-17-18(10-13)4-3-14/h6-7,9-11,15H,3-5,8H2,1-2H3. The highest BCUT2D eigenvalue weighted by Gasteiger charge is 2.02. The smallest absolute Gasteiger partial charge is 0.109 e. The van der Waals surface area contributed by atoms with Crippen molar-refractivity contribution in [1.29, 1.82) is 0 Å². The molecule has 6 heteroatoms. The Kier molecular flexibility index (Phi) is 4.54. The fourth-order valence-electron chi connectivity index (χ4n) is 1.84. The van der Waals surface area contributed by atoms with Gasteiger partial charge in [-0.3, -0.25) is 9.36 Å². The molecule has 2 aromatic rings. The Labute approximate surface area is 112 Å². The summed E-state index contributed by atoms with van der Waals surface area (Å²) in [5.41, 5.74) is 2.02. The highest BCUT2D eigenvalue weighted by atomic mass is 19.1. The molecule has 0 spiro atoms. The number of hydrogen-bond acceptors (Lipinski definition) is 3. The summed E-state index contributed by atoms with van der Waals surface area (Å²) in [6, 6.07) is 0. The summed E-state index contributed by atoms with van der Waals surface area (Å²) in [6.07, 6.45) is 7.41. The molecule has 0 saturated heterocycles. The van der Waals surface area contributed by atoms with Crippen molar-refractivity contribution in [3.63, 3.8) is 0 Å². The van der Waals surface area contributed by atoms with Gasteiger partial charge < -0.3 is 5.32 Å². The van der Waals surface area contributed by atoms with Crippen molar-refractivity contribution in [2.24, 2.45) is 5.92 Å². The van der Waals surface area contributed by atoms with E-state index in [0.717, 1.165) is 17.8 Å². The third-order valence-corrected chi connectivity index (χ3v) is 2.68. The molecule has 5 nitrogen and oxygen atoms in total. The normalized spacial score (nSPS) is 11.2. The lowest BCUT2D eigenvalue weighted by atomic mass is 10.2. The Morgan fingerprint density at radius 2 is 2.00 bits per heavy atom. The molecule has 0 saturated carbocycles. The molecule has 0 aliphatic rings. The van der Waals surface area contributed by atoms with Crippen molar-refractivity contribution in [2.75, 3.05) is 12.0 Å². The number of aromatic nitrogens is 4. The maximum atomic E-state index is 12.2. The molecule has 1 N–H and O–H groups in total. The molecule has 0 aliphatic carbocycles. The van der Waals surface area contributed by atoms with E-state index in [-0.39, 0.29) is 0 Å². The summed E-state index contributed by atoms with van der Waals surface area (Å²) in [6.45, 7) is 5.85. The SMILES string of the molecule is CC(C)Cn1cc(CNc2cnn(CCF)c2)cn1. The Morgan fingerprint density at radius 3 is 2.74 bits per heavy atom. The van der Waals surface area contributed by atoms with Gasteiger partial charge in [0.15, 0.2) is 0 Å². The predicted molar refractivity (Wildman–Crippen MR) is 72.6 cm³/mol. The molecule has 0 aromatic carbocycles. The summed E-state index contributed by atoms with van der Waals surface area (Å²) in [4.78, 5) is 0. The zero-order valence-corrected chi connectivity index (χ0v) is 11.4. The average Bonchev–Trinajstić information content (AvgIpc) is 2.96. The van der Waals surface area contributed by atoms with E-state index < -0.39 is 6.67 Å². The van der Waals surface area contributed by atoms with E-state index in [0.29, 0.717) is 19.0 Å². The molecular weight excluding hydrogens is 245 g/mol. The molecule has 2 rings (SSSR count). The van der Waals surface area contributed by atoms with Crippen LogP contribution in [0, 0.1) is 5.92 Å². The average molecular weight is 265 g/mol. The Morgan fingerprint density at radius 1 is 1.21 bits per heavy atom. The number of hydrogen-bond donors (Lipinski definition) is 1. The summed E-state index contributed by atoms with van der Waals surface area (Å²) < 4.78 is 15.7. The first kappa shape index (κ1) is 13.6. The largest absolute Gasteiger partial charge is 0.378 e. The molecule has 104 valence electrons. The lowest BCUT2D eigenvalue weighted by Crippen LogP contribution is -2.04. The van der Waals surface area contributed by atoms with Crippen LogP contribution in [0.25, 0.3) is 0 Å². The van der Waals surface area contributed by atoms with Crippen molar-refractivity contribution in [3.8, 4) is 0 Å². The van der Waals surface area contributed by atoms with Crippen LogP contribution in [0.2, 0.25) is 0 Å². The van der Waals surface area contributed by atoms with Crippen LogP contribution in [-0.2, 0) is 19.6 Å². The lowest BCUT2D eigenvalue weighted by molar-refractivity contribution is 0.427. The van der Waals surface area contributed by atoms with E-state index in [1.807, 2.05) is 17.1 Å². The second-order valence-corrected chi connectivity index (χ2v) is 5.00. The van der Waals surface area contributed by atoms with E-state index >= 15 is 0 Å². The maximum absolute atomic E-state index is 12.2. The molecule has 0 bridgehead atoms. The zero-order chi connectivity index (χ0) is 13.7. The van der Waals surface area contributed by atoms with Gasteiger partial charge in [0.2, 0.25) is 0 Å². The second kappa shape index (κ2) is 6.36. The van der Waals surface area contributed by atoms with Gasteiger partial charge in [-0.15, -0.1) is 0 Å². The first-order valence-electron chi connectivity index (χ1n) is 6.51. The topological polar surface area (TPSA) is 47.7 Å². The van der Waals surface area contributed by atoms with Gasteiger partial charge in [0.25, 0.3) is 0 Å². The van der Waals surface area contributed by atoms with Crippen LogP contribution in [0.1, 0.15) is 19.4 Å². The third-order valence-electron chi connectivity index (χ3n) is 2.68. The summed E-state index contributed by atoms with van der Waals surface area (Å²) in [5, 5.41) is 11.6. The monoisotopic (exact) mass is 265 g/mol. The zero-order valence-electron chi connectivity index (χ0n) is 11.4. The number of halogens is 1. The van der Waals surface area contributed by atoms with Crippen molar-refractivity contribution >= 4 is 5.69 Å². The molecule has 0 atom stereocenters. The first-order chi connectivity index (χ1) is 9.17. The number of nitrogens with one attached hydrogen (secondary N) is 1. The minimum Gasteiger partial charge on any atom is -0.378 e. The maximum Gasteiger partial charge on any atom is 0.109 e. The van der Waals surface area contributed by atoms with Crippen LogP contribution in [0.4, 0.5) is 10.1 Å². The molecular formula is C13H20FN5. The summed E-state index contributed by atoms with van der Waals surface area (Å²) >= 11 is 0. The third kappa shape index (κ3) is 4.08. The Balaban J connectivity index is 1.85. The van der Waals surface area contributed by atoms with Gasteiger partial charge >= 0.3 is 0 Å². The van der Waals surface area contributed by atoms with Crippen LogP contribution < -0.4 is 5.32 Å². The quantitative estimate of drug-likeness (QED) is 0.835. The number of alkyl halides is 1. The minimum absolute atomic E-state index is 0.300.